The lowest BCUT2D eigenvalue weighted by Gasteiger charge is -2.28. The van der Waals surface area contributed by atoms with Crippen molar-refractivity contribution in [3.8, 4) is 0 Å². The van der Waals surface area contributed by atoms with E-state index in [0.29, 0.717) is 17.6 Å². The van der Waals surface area contributed by atoms with E-state index in [2.05, 4.69) is 10.6 Å². The van der Waals surface area contributed by atoms with Crippen LogP contribution in [0.15, 0.2) is 53.7 Å². The quantitative estimate of drug-likeness (QED) is 0.784. The molecule has 1 aliphatic carbocycles. The zero-order chi connectivity index (χ0) is 17.6. The number of Topliss-reactive ketones (excluding diaryl/α,β-unsaturated/α-hetero) is 1. The molecule has 25 heavy (non-hydrogen) atoms. The van der Waals surface area contributed by atoms with Gasteiger partial charge >= 0.3 is 0 Å². The molecule has 4 rings (SSSR count). The minimum absolute atomic E-state index is 0.0104. The maximum Gasteiger partial charge on any atom is 0.163 e. The second-order valence-electron chi connectivity index (χ2n) is 6.78. The van der Waals surface area contributed by atoms with E-state index in [1.165, 1.54) is 12.1 Å². The van der Waals surface area contributed by atoms with Crippen LogP contribution in [0.3, 0.4) is 0 Å². The molecule has 2 N–H and O–H groups in total. The molecule has 0 unspecified atom stereocenters. The molecular formula is C20H18F2N2O. The highest BCUT2D eigenvalue weighted by molar-refractivity contribution is 6.00. The van der Waals surface area contributed by atoms with Crippen molar-refractivity contribution in [2.24, 2.45) is 5.92 Å². The number of hydrogen-bond acceptors (Lipinski definition) is 3. The molecule has 0 bridgehead atoms. The molecule has 5 heteroatoms. The summed E-state index contributed by atoms with van der Waals surface area (Å²) in [5.74, 6) is -1.06. The van der Waals surface area contributed by atoms with E-state index < -0.39 is 17.7 Å². The molecule has 2 atom stereocenters. The van der Waals surface area contributed by atoms with E-state index in [0.717, 1.165) is 29.6 Å². The van der Waals surface area contributed by atoms with Gasteiger partial charge in [-0.2, -0.15) is 0 Å². The lowest BCUT2D eigenvalue weighted by Crippen LogP contribution is -2.26. The summed E-state index contributed by atoms with van der Waals surface area (Å²) < 4.78 is 27.6. The minimum Gasteiger partial charge on any atom is -0.372 e. The van der Waals surface area contributed by atoms with E-state index in [4.69, 9.17) is 0 Å². The standard InChI is InChI=1S/C20H18F2N2O/c1-11-6-17-19(18(25)7-11)20(12-8-13(21)10-14(22)9-12)24-16-5-3-2-4-15(16)23-17/h2-5,8-11,20,23-24H,6-7H2,1H3/t11-,20-/m0/s1. The number of rotatable bonds is 1. The molecule has 0 saturated carbocycles. The molecule has 2 aliphatic rings. The fraction of sp³-hybridized carbons (Fsp3) is 0.250. The smallest absolute Gasteiger partial charge is 0.163 e. The Morgan fingerprint density at radius 3 is 2.40 bits per heavy atom. The molecule has 128 valence electrons. The second-order valence-corrected chi connectivity index (χ2v) is 6.78. The van der Waals surface area contributed by atoms with Gasteiger partial charge in [-0.1, -0.05) is 19.1 Å². The average Bonchev–Trinajstić information content (AvgIpc) is 2.70. The first kappa shape index (κ1) is 15.8. The second kappa shape index (κ2) is 5.99. The van der Waals surface area contributed by atoms with Gasteiger partial charge in [-0.15, -0.1) is 0 Å². The minimum atomic E-state index is -0.652. The van der Waals surface area contributed by atoms with Crippen LogP contribution in [0.2, 0.25) is 0 Å². The SMILES string of the molecule is C[C@@H]1CC(=O)C2=C(C1)Nc1ccccc1N[C@H]2c1cc(F)cc(F)c1. The summed E-state index contributed by atoms with van der Waals surface area (Å²) in [4.78, 5) is 12.8. The maximum absolute atomic E-state index is 13.8. The average molecular weight is 340 g/mol. The van der Waals surface area contributed by atoms with Crippen molar-refractivity contribution in [1.82, 2.24) is 0 Å². The van der Waals surface area contributed by atoms with Gasteiger partial charge in [0.15, 0.2) is 5.78 Å². The van der Waals surface area contributed by atoms with Crippen LogP contribution >= 0.6 is 0 Å². The number of carbonyl (C=O) groups excluding carboxylic acids is 1. The summed E-state index contributed by atoms with van der Waals surface area (Å²) >= 11 is 0. The molecule has 1 heterocycles. The summed E-state index contributed by atoms with van der Waals surface area (Å²) in [5, 5.41) is 6.66. The van der Waals surface area contributed by atoms with Gasteiger partial charge in [-0.05, 0) is 42.2 Å². The molecule has 2 aromatic rings. The van der Waals surface area contributed by atoms with Gasteiger partial charge in [0.2, 0.25) is 0 Å². The molecule has 0 saturated heterocycles. The third-order valence-corrected chi connectivity index (χ3v) is 4.73. The Balaban J connectivity index is 1.90. The Morgan fingerprint density at radius 2 is 1.68 bits per heavy atom. The topological polar surface area (TPSA) is 41.1 Å². The van der Waals surface area contributed by atoms with Crippen molar-refractivity contribution in [2.75, 3.05) is 10.6 Å². The lowest BCUT2D eigenvalue weighted by atomic mass is 9.82. The molecule has 1 aliphatic heterocycles. The molecule has 0 spiro atoms. The van der Waals surface area contributed by atoms with E-state index >= 15 is 0 Å². The Kier molecular flexibility index (Phi) is 3.79. The third kappa shape index (κ3) is 2.90. The number of allylic oxidation sites excluding steroid dienone is 1. The van der Waals surface area contributed by atoms with Crippen molar-refractivity contribution in [3.05, 3.63) is 70.9 Å². The molecule has 0 fully saturated rings. The van der Waals surface area contributed by atoms with Gasteiger partial charge in [-0.3, -0.25) is 4.79 Å². The number of ketones is 1. The van der Waals surface area contributed by atoms with Gasteiger partial charge in [0.25, 0.3) is 0 Å². The number of para-hydroxylation sites is 2. The van der Waals surface area contributed by atoms with Crippen LogP contribution in [-0.4, -0.2) is 5.78 Å². The fourth-order valence-electron chi connectivity index (χ4n) is 3.68. The molecule has 0 amide bonds. The highest BCUT2D eigenvalue weighted by atomic mass is 19.1. The van der Waals surface area contributed by atoms with E-state index in [9.17, 15) is 13.6 Å². The molecule has 2 aromatic carbocycles. The van der Waals surface area contributed by atoms with Crippen LogP contribution in [0.4, 0.5) is 20.2 Å². The van der Waals surface area contributed by atoms with Gasteiger partial charge in [-0.25, -0.2) is 8.78 Å². The molecule has 3 nitrogen and oxygen atoms in total. The Bertz CT molecular complexity index is 871. The number of benzene rings is 2. The predicted molar refractivity (Wildman–Crippen MR) is 93.2 cm³/mol. The molecule has 0 radical (unpaired) electrons. The van der Waals surface area contributed by atoms with Gasteiger partial charge in [0.1, 0.15) is 11.6 Å². The molecular weight excluding hydrogens is 322 g/mol. The number of anilines is 2. The zero-order valence-electron chi connectivity index (χ0n) is 13.8. The Labute approximate surface area is 144 Å². The zero-order valence-corrected chi connectivity index (χ0v) is 13.8. The normalized spacial score (nSPS) is 22.4. The van der Waals surface area contributed by atoms with Crippen molar-refractivity contribution in [1.29, 1.82) is 0 Å². The number of fused-ring (bicyclic) bond motifs is 1. The van der Waals surface area contributed by atoms with Crippen molar-refractivity contribution in [2.45, 2.75) is 25.8 Å². The monoisotopic (exact) mass is 340 g/mol. The molecule has 0 aromatic heterocycles. The van der Waals surface area contributed by atoms with Gasteiger partial charge in [0, 0.05) is 23.8 Å². The van der Waals surface area contributed by atoms with Crippen molar-refractivity contribution < 1.29 is 13.6 Å². The van der Waals surface area contributed by atoms with E-state index in [1.54, 1.807) is 0 Å². The first-order valence-electron chi connectivity index (χ1n) is 8.36. The maximum atomic E-state index is 13.8. The highest BCUT2D eigenvalue weighted by Gasteiger charge is 2.34. The Morgan fingerprint density at radius 1 is 1.00 bits per heavy atom. The van der Waals surface area contributed by atoms with Crippen LogP contribution < -0.4 is 10.6 Å². The lowest BCUT2D eigenvalue weighted by molar-refractivity contribution is -0.117. The van der Waals surface area contributed by atoms with Crippen LogP contribution in [0.5, 0.6) is 0 Å². The van der Waals surface area contributed by atoms with E-state index in [-0.39, 0.29) is 11.7 Å². The first-order chi connectivity index (χ1) is 12.0. The summed E-state index contributed by atoms with van der Waals surface area (Å²) in [6.07, 6.45) is 1.16. The van der Waals surface area contributed by atoms with Crippen LogP contribution in [-0.2, 0) is 4.79 Å². The summed E-state index contributed by atoms with van der Waals surface area (Å²) in [6, 6.07) is 10.4. The number of halogens is 2. The highest BCUT2D eigenvalue weighted by Crippen LogP contribution is 2.41. The van der Waals surface area contributed by atoms with E-state index in [1.807, 2.05) is 31.2 Å². The van der Waals surface area contributed by atoms with Crippen molar-refractivity contribution in [3.63, 3.8) is 0 Å². The number of hydrogen-bond donors (Lipinski definition) is 2. The predicted octanol–water partition coefficient (Wildman–Crippen LogP) is 4.80. The first-order valence-corrected chi connectivity index (χ1v) is 8.36. The summed E-state index contributed by atoms with van der Waals surface area (Å²) in [5.41, 5.74) is 3.46. The number of carbonyl (C=O) groups is 1. The number of nitrogens with one attached hydrogen (secondary N) is 2. The van der Waals surface area contributed by atoms with Crippen LogP contribution in [0, 0.1) is 17.6 Å². The van der Waals surface area contributed by atoms with Crippen LogP contribution in [0.1, 0.15) is 31.4 Å². The third-order valence-electron chi connectivity index (χ3n) is 4.73. The fourth-order valence-corrected chi connectivity index (χ4v) is 3.68. The van der Waals surface area contributed by atoms with Gasteiger partial charge < -0.3 is 10.6 Å². The van der Waals surface area contributed by atoms with Gasteiger partial charge in [0.05, 0.1) is 17.4 Å². The largest absolute Gasteiger partial charge is 0.372 e. The summed E-state index contributed by atoms with van der Waals surface area (Å²) in [6.45, 7) is 2.03. The summed E-state index contributed by atoms with van der Waals surface area (Å²) in [7, 11) is 0. The van der Waals surface area contributed by atoms with Crippen LogP contribution in [0.25, 0.3) is 0 Å². The Hall–Kier alpha value is -2.69. The van der Waals surface area contributed by atoms with Crippen molar-refractivity contribution >= 4 is 17.2 Å².